The first kappa shape index (κ1) is 22.5. The number of nitrogens with two attached hydrogens (primary N) is 1. The lowest BCUT2D eigenvalue weighted by Gasteiger charge is -2.28. The average Bonchev–Trinajstić information content (AvgIpc) is 3.17. The number of aromatic nitrogens is 1. The van der Waals surface area contributed by atoms with Crippen LogP contribution >= 0.6 is 0 Å². The standard InChI is InChI=1S/C21H24N6O5S/c1-21(2,12-32-15-6-3-5-14-18(15)19(22)26-33(30,31)25-14)24-20(29)13-8-9-23-16(11-13)27-10-4-7-17(27)28/h3,5-6,8-9,11,25H,4,7,10,12H2,1-2H3,(H2,22,26)(H,24,29). The maximum absolute atomic E-state index is 12.9. The second-order valence-electron chi connectivity index (χ2n) is 8.41. The maximum Gasteiger partial charge on any atom is 0.344 e. The Morgan fingerprint density at radius 3 is 2.85 bits per heavy atom. The number of benzene rings is 1. The molecule has 0 saturated carbocycles. The van der Waals surface area contributed by atoms with Gasteiger partial charge in [0.1, 0.15) is 18.2 Å². The number of hydrogen-bond acceptors (Lipinski definition) is 7. The van der Waals surface area contributed by atoms with Crippen molar-refractivity contribution in [3.8, 4) is 5.75 Å². The molecule has 1 aromatic heterocycles. The van der Waals surface area contributed by atoms with Crippen molar-refractivity contribution < 1.29 is 22.7 Å². The quantitative estimate of drug-likeness (QED) is 0.570. The molecule has 1 aromatic carbocycles. The van der Waals surface area contributed by atoms with Gasteiger partial charge in [0.05, 0.1) is 16.8 Å². The molecular weight excluding hydrogens is 448 g/mol. The molecule has 4 rings (SSSR count). The lowest BCUT2D eigenvalue weighted by atomic mass is 10.1. The van der Waals surface area contributed by atoms with Crippen molar-refractivity contribution >= 4 is 39.4 Å². The molecule has 1 saturated heterocycles. The molecule has 0 aliphatic carbocycles. The molecule has 33 heavy (non-hydrogen) atoms. The molecule has 1 fully saturated rings. The number of nitrogens with one attached hydrogen (secondary N) is 2. The number of anilines is 2. The second kappa shape index (κ2) is 8.35. The molecule has 174 valence electrons. The fourth-order valence-corrected chi connectivity index (χ4v) is 4.45. The van der Waals surface area contributed by atoms with E-state index in [1.54, 1.807) is 49.1 Å². The fourth-order valence-electron chi connectivity index (χ4n) is 3.61. The van der Waals surface area contributed by atoms with Crippen molar-refractivity contribution in [2.45, 2.75) is 32.2 Å². The lowest BCUT2D eigenvalue weighted by molar-refractivity contribution is -0.117. The van der Waals surface area contributed by atoms with Crippen LogP contribution in [0.5, 0.6) is 5.75 Å². The third kappa shape index (κ3) is 4.90. The van der Waals surface area contributed by atoms with E-state index >= 15 is 0 Å². The number of amides is 2. The number of nitrogens with zero attached hydrogens (tertiary/aromatic N) is 3. The van der Waals surface area contributed by atoms with Crippen molar-refractivity contribution in [3.63, 3.8) is 0 Å². The monoisotopic (exact) mass is 472 g/mol. The highest BCUT2D eigenvalue weighted by atomic mass is 32.2. The minimum absolute atomic E-state index is 0.00918. The van der Waals surface area contributed by atoms with E-state index in [0.29, 0.717) is 35.7 Å². The van der Waals surface area contributed by atoms with Crippen molar-refractivity contribution in [2.24, 2.45) is 10.1 Å². The molecule has 2 aliphatic heterocycles. The topological polar surface area (TPSA) is 156 Å². The number of ether oxygens (including phenoxy) is 1. The van der Waals surface area contributed by atoms with Gasteiger partial charge in [0.2, 0.25) is 5.91 Å². The highest BCUT2D eigenvalue weighted by Crippen LogP contribution is 2.31. The summed E-state index contributed by atoms with van der Waals surface area (Å²) in [6.07, 6.45) is 2.74. The zero-order valence-electron chi connectivity index (χ0n) is 18.2. The van der Waals surface area contributed by atoms with Crippen molar-refractivity contribution in [1.82, 2.24) is 10.3 Å². The van der Waals surface area contributed by atoms with Crippen LogP contribution in [0.15, 0.2) is 40.9 Å². The van der Waals surface area contributed by atoms with Gasteiger partial charge in [0, 0.05) is 24.7 Å². The van der Waals surface area contributed by atoms with Crippen LogP contribution in [0.25, 0.3) is 0 Å². The van der Waals surface area contributed by atoms with E-state index < -0.39 is 15.7 Å². The highest BCUT2D eigenvalue weighted by Gasteiger charge is 2.28. The van der Waals surface area contributed by atoms with Crippen LogP contribution < -0.4 is 25.4 Å². The van der Waals surface area contributed by atoms with Crippen LogP contribution in [-0.4, -0.2) is 49.7 Å². The summed E-state index contributed by atoms with van der Waals surface area (Å²) in [6.45, 7) is 4.22. The molecular formula is C21H24N6O5S. The van der Waals surface area contributed by atoms with Gasteiger partial charge in [-0.25, -0.2) is 4.98 Å². The van der Waals surface area contributed by atoms with E-state index in [1.807, 2.05) is 0 Å². The summed E-state index contributed by atoms with van der Waals surface area (Å²) in [7, 11) is -3.89. The van der Waals surface area contributed by atoms with E-state index in [2.05, 4.69) is 19.4 Å². The summed E-state index contributed by atoms with van der Waals surface area (Å²) in [5.41, 5.74) is 6.02. The molecule has 2 aromatic rings. The Labute approximate surface area is 191 Å². The number of amidine groups is 1. The Balaban J connectivity index is 1.46. The van der Waals surface area contributed by atoms with E-state index in [4.69, 9.17) is 10.5 Å². The fraction of sp³-hybridized carbons (Fsp3) is 0.333. The van der Waals surface area contributed by atoms with Gasteiger partial charge in [0.25, 0.3) is 5.91 Å². The summed E-state index contributed by atoms with van der Waals surface area (Å²) in [5.74, 6) is 0.249. The number of hydrogen-bond donors (Lipinski definition) is 3. The first-order chi connectivity index (χ1) is 15.5. The van der Waals surface area contributed by atoms with Gasteiger partial charge in [0.15, 0.2) is 5.84 Å². The zero-order chi connectivity index (χ0) is 23.8. The largest absolute Gasteiger partial charge is 0.490 e. The van der Waals surface area contributed by atoms with Crippen LogP contribution in [0, 0.1) is 0 Å². The highest BCUT2D eigenvalue weighted by molar-refractivity contribution is 7.91. The molecule has 12 heteroatoms. The van der Waals surface area contributed by atoms with Crippen LogP contribution in [0.3, 0.4) is 0 Å². The average molecular weight is 473 g/mol. The normalized spacial score (nSPS) is 17.1. The summed E-state index contributed by atoms with van der Waals surface area (Å²) < 4.78 is 35.1. The number of carbonyl (C=O) groups is 2. The predicted octanol–water partition coefficient (Wildman–Crippen LogP) is 1.17. The second-order valence-corrected chi connectivity index (χ2v) is 9.75. The lowest BCUT2D eigenvalue weighted by Crippen LogP contribution is -2.48. The molecule has 0 unspecified atom stereocenters. The first-order valence-electron chi connectivity index (χ1n) is 10.3. The van der Waals surface area contributed by atoms with Crippen LogP contribution in [-0.2, 0) is 15.0 Å². The van der Waals surface area contributed by atoms with E-state index in [1.165, 1.54) is 6.20 Å². The molecule has 3 heterocycles. The van der Waals surface area contributed by atoms with Gasteiger partial charge in [-0.05, 0) is 44.5 Å². The minimum atomic E-state index is -3.89. The number of pyridine rings is 1. The maximum atomic E-state index is 12.9. The summed E-state index contributed by atoms with van der Waals surface area (Å²) in [6, 6.07) is 7.99. The van der Waals surface area contributed by atoms with E-state index in [0.717, 1.165) is 6.42 Å². The molecule has 2 amide bonds. The van der Waals surface area contributed by atoms with Gasteiger partial charge in [-0.15, -0.1) is 4.40 Å². The molecule has 0 spiro atoms. The Morgan fingerprint density at radius 2 is 2.12 bits per heavy atom. The van der Waals surface area contributed by atoms with Crippen molar-refractivity contribution in [1.29, 1.82) is 0 Å². The van der Waals surface area contributed by atoms with Gasteiger partial charge in [-0.1, -0.05) is 6.07 Å². The van der Waals surface area contributed by atoms with Crippen LogP contribution in [0.2, 0.25) is 0 Å². The van der Waals surface area contributed by atoms with Crippen LogP contribution in [0.1, 0.15) is 42.6 Å². The Kier molecular flexibility index (Phi) is 5.70. The van der Waals surface area contributed by atoms with Gasteiger partial charge >= 0.3 is 10.2 Å². The third-order valence-electron chi connectivity index (χ3n) is 5.14. The van der Waals surface area contributed by atoms with Gasteiger partial charge in [-0.2, -0.15) is 8.42 Å². The van der Waals surface area contributed by atoms with E-state index in [9.17, 15) is 18.0 Å². The first-order valence-corrected chi connectivity index (χ1v) is 11.7. The molecule has 0 atom stereocenters. The molecule has 0 bridgehead atoms. The number of fused-ring (bicyclic) bond motifs is 1. The zero-order valence-corrected chi connectivity index (χ0v) is 19.0. The predicted molar refractivity (Wildman–Crippen MR) is 123 cm³/mol. The number of carbonyl (C=O) groups excluding carboxylic acids is 2. The Bertz CT molecular complexity index is 1260. The molecule has 11 nitrogen and oxygen atoms in total. The summed E-state index contributed by atoms with van der Waals surface area (Å²) in [5, 5.41) is 2.91. The number of rotatable bonds is 6. The van der Waals surface area contributed by atoms with Crippen molar-refractivity contribution in [3.05, 3.63) is 47.7 Å². The smallest absolute Gasteiger partial charge is 0.344 e. The minimum Gasteiger partial charge on any atom is -0.490 e. The molecule has 0 radical (unpaired) electrons. The summed E-state index contributed by atoms with van der Waals surface area (Å²) in [4.78, 5) is 30.6. The molecule has 4 N–H and O–H groups in total. The Hall–Kier alpha value is -3.67. The molecule has 2 aliphatic rings. The Morgan fingerprint density at radius 1 is 1.33 bits per heavy atom. The van der Waals surface area contributed by atoms with Gasteiger partial charge in [-0.3, -0.25) is 19.2 Å². The van der Waals surface area contributed by atoms with E-state index in [-0.39, 0.29) is 29.9 Å². The summed E-state index contributed by atoms with van der Waals surface area (Å²) >= 11 is 0. The van der Waals surface area contributed by atoms with Crippen LogP contribution in [0.4, 0.5) is 11.5 Å². The van der Waals surface area contributed by atoms with Crippen molar-refractivity contribution in [2.75, 3.05) is 22.8 Å². The SMILES string of the molecule is CC(C)(COc1cccc2c1C(N)=NS(=O)(=O)N2)NC(=O)c1ccnc(N2CCCC2=O)c1. The van der Waals surface area contributed by atoms with Gasteiger partial charge < -0.3 is 15.8 Å². The third-order valence-corrected chi connectivity index (χ3v) is 6.05.